The van der Waals surface area contributed by atoms with Crippen LogP contribution in [0, 0.1) is 0 Å². The maximum atomic E-state index is 6.26. The molecule has 96 valence electrons. The maximum absolute atomic E-state index is 6.26. The van der Waals surface area contributed by atoms with Crippen LogP contribution in [0.1, 0.15) is 13.3 Å². The molecule has 0 rings (SSSR count). The first-order chi connectivity index (χ1) is 7.12. The second-order valence-electron chi connectivity index (χ2n) is 6.09. The van der Waals surface area contributed by atoms with Gasteiger partial charge in [-0.1, -0.05) is 12.2 Å². The second kappa shape index (κ2) is 6.74. The Labute approximate surface area is 103 Å². The summed E-state index contributed by atoms with van der Waals surface area (Å²) < 4.78 is 11.8. The van der Waals surface area contributed by atoms with Crippen LogP contribution in [-0.4, -0.2) is 29.8 Å². The number of ether oxygens (including phenoxy) is 1. The molecule has 16 heavy (non-hydrogen) atoms. The topological polar surface area (TPSA) is 18.5 Å². The van der Waals surface area contributed by atoms with Crippen molar-refractivity contribution in [3.63, 3.8) is 0 Å². The van der Waals surface area contributed by atoms with Crippen molar-refractivity contribution in [2.75, 3.05) is 13.2 Å². The zero-order valence-electron chi connectivity index (χ0n) is 11.9. The molecule has 0 saturated heterocycles. The van der Waals surface area contributed by atoms with Crippen molar-refractivity contribution in [2.45, 2.75) is 52.1 Å². The number of hydrogen-bond donors (Lipinski definition) is 0. The zero-order valence-corrected chi connectivity index (χ0v) is 13.9. The minimum absolute atomic E-state index is 0.691. The molecule has 0 amide bonds. The van der Waals surface area contributed by atoms with E-state index >= 15 is 0 Å². The molecule has 0 atom stereocenters. The summed E-state index contributed by atoms with van der Waals surface area (Å²) in [5.74, 6) is 0. The van der Waals surface area contributed by atoms with E-state index in [-0.39, 0.29) is 0 Å². The lowest BCUT2D eigenvalue weighted by Crippen LogP contribution is -2.42. The van der Waals surface area contributed by atoms with E-state index in [9.17, 15) is 0 Å². The molecule has 0 radical (unpaired) electrons. The molecule has 0 aliphatic carbocycles. The van der Waals surface area contributed by atoms with Crippen LogP contribution < -0.4 is 0 Å². The Balaban J connectivity index is 3.70. The summed E-state index contributed by atoms with van der Waals surface area (Å²) in [6.07, 6.45) is 1.11. The first kappa shape index (κ1) is 16.1. The van der Waals surface area contributed by atoms with Crippen molar-refractivity contribution in [2.24, 2.45) is 0 Å². The predicted octanol–water partition coefficient (Wildman–Crippen LogP) is 4.03. The highest BCUT2D eigenvalue weighted by Crippen LogP contribution is 2.19. The molecule has 2 nitrogen and oxygen atoms in total. The lowest BCUT2D eigenvalue weighted by atomic mass is 10.4. The second-order valence-corrected chi connectivity index (χ2v) is 15.1. The van der Waals surface area contributed by atoms with Gasteiger partial charge in [0.25, 0.3) is 0 Å². The van der Waals surface area contributed by atoms with Crippen LogP contribution in [0.5, 0.6) is 0 Å². The third kappa shape index (κ3) is 10.6. The molecule has 0 aromatic rings. The van der Waals surface area contributed by atoms with Gasteiger partial charge in [0.2, 0.25) is 0 Å². The van der Waals surface area contributed by atoms with Gasteiger partial charge in [0, 0.05) is 6.61 Å². The molecule has 0 bridgehead atoms. The summed E-state index contributed by atoms with van der Waals surface area (Å²) in [5.41, 5.74) is 1.09. The van der Waals surface area contributed by atoms with Crippen LogP contribution in [0.3, 0.4) is 0 Å². The zero-order chi connectivity index (χ0) is 12.8. The van der Waals surface area contributed by atoms with Crippen molar-refractivity contribution in [1.29, 1.82) is 0 Å². The molecule has 0 heterocycles. The minimum Gasteiger partial charge on any atom is -0.456 e. The van der Waals surface area contributed by atoms with Crippen molar-refractivity contribution in [3.8, 4) is 0 Å². The Morgan fingerprint density at radius 1 is 1.12 bits per heavy atom. The third-order valence-corrected chi connectivity index (χ3v) is 8.22. The van der Waals surface area contributed by atoms with E-state index in [1.807, 2.05) is 6.92 Å². The van der Waals surface area contributed by atoms with Gasteiger partial charge >= 0.3 is 0 Å². The quantitative estimate of drug-likeness (QED) is 0.373. The van der Waals surface area contributed by atoms with Crippen molar-refractivity contribution in [1.82, 2.24) is 0 Å². The first-order valence-electron chi connectivity index (χ1n) is 6.05. The van der Waals surface area contributed by atoms with E-state index in [1.165, 1.54) is 6.04 Å². The highest BCUT2D eigenvalue weighted by Gasteiger charge is 2.28. The van der Waals surface area contributed by atoms with E-state index in [0.29, 0.717) is 6.61 Å². The van der Waals surface area contributed by atoms with Crippen molar-refractivity contribution < 1.29 is 8.85 Å². The Morgan fingerprint density at radius 3 is 2.12 bits per heavy atom. The lowest BCUT2D eigenvalue weighted by molar-refractivity contribution is 0.156. The summed E-state index contributed by atoms with van der Waals surface area (Å²) >= 11 is 0. The van der Waals surface area contributed by atoms with Crippen LogP contribution in [0.2, 0.25) is 38.8 Å². The molecular formula is C12H28O2Si2. The highest BCUT2D eigenvalue weighted by atomic mass is 28.4. The van der Waals surface area contributed by atoms with Gasteiger partial charge in [-0.25, -0.2) is 0 Å². The van der Waals surface area contributed by atoms with E-state index in [0.717, 1.165) is 18.6 Å². The average molecular weight is 261 g/mol. The van der Waals surface area contributed by atoms with Crippen molar-refractivity contribution in [3.05, 3.63) is 12.2 Å². The van der Waals surface area contributed by atoms with E-state index in [1.54, 1.807) is 0 Å². The molecule has 0 aliphatic rings. The molecule has 0 unspecified atom stereocenters. The Bertz CT molecular complexity index is 220. The van der Waals surface area contributed by atoms with Crippen molar-refractivity contribution >= 4 is 16.6 Å². The molecular weight excluding hydrogens is 232 g/mol. The Kier molecular flexibility index (Phi) is 6.78. The van der Waals surface area contributed by atoms with Crippen LogP contribution in [0.15, 0.2) is 12.2 Å². The SMILES string of the molecule is C=C(C)COCCC[Si](C)(C)O[Si](C)(C)C. The van der Waals surface area contributed by atoms with Crippen LogP contribution in [-0.2, 0) is 8.85 Å². The smallest absolute Gasteiger partial charge is 0.173 e. The van der Waals surface area contributed by atoms with Crippen LogP contribution in [0.25, 0.3) is 0 Å². The summed E-state index contributed by atoms with van der Waals surface area (Å²) in [5, 5.41) is 0. The average Bonchev–Trinajstić information content (AvgIpc) is 1.97. The summed E-state index contributed by atoms with van der Waals surface area (Å²) in [6, 6.07) is 1.19. The first-order valence-corrected chi connectivity index (χ1v) is 12.6. The molecule has 0 N–H and O–H groups in total. The monoisotopic (exact) mass is 260 g/mol. The van der Waals surface area contributed by atoms with E-state index < -0.39 is 16.6 Å². The molecule has 0 aromatic heterocycles. The Morgan fingerprint density at radius 2 is 1.69 bits per heavy atom. The molecule has 0 saturated carbocycles. The maximum Gasteiger partial charge on any atom is 0.173 e. The van der Waals surface area contributed by atoms with Gasteiger partial charge in [-0.15, -0.1) is 0 Å². The summed E-state index contributed by atoms with van der Waals surface area (Å²) in [6.45, 7) is 18.7. The molecule has 0 aliphatic heterocycles. The lowest BCUT2D eigenvalue weighted by Gasteiger charge is -2.31. The third-order valence-electron chi connectivity index (χ3n) is 2.00. The summed E-state index contributed by atoms with van der Waals surface area (Å²) in [4.78, 5) is 0. The Hall–Kier alpha value is 0.0938. The number of hydrogen-bond acceptors (Lipinski definition) is 2. The molecule has 0 fully saturated rings. The van der Waals surface area contributed by atoms with E-state index in [4.69, 9.17) is 8.85 Å². The van der Waals surface area contributed by atoms with E-state index in [2.05, 4.69) is 39.3 Å². The normalized spacial score (nSPS) is 12.9. The van der Waals surface area contributed by atoms with Crippen LogP contribution in [0.4, 0.5) is 0 Å². The fourth-order valence-corrected chi connectivity index (χ4v) is 9.76. The minimum atomic E-state index is -1.46. The van der Waals surface area contributed by atoms with Crippen LogP contribution >= 0.6 is 0 Å². The van der Waals surface area contributed by atoms with Gasteiger partial charge in [0.1, 0.15) is 0 Å². The highest BCUT2D eigenvalue weighted by molar-refractivity contribution is 6.84. The van der Waals surface area contributed by atoms with Gasteiger partial charge in [0.05, 0.1) is 6.61 Å². The summed E-state index contributed by atoms with van der Waals surface area (Å²) in [7, 11) is -2.83. The van der Waals surface area contributed by atoms with Gasteiger partial charge < -0.3 is 8.85 Å². The van der Waals surface area contributed by atoms with Gasteiger partial charge in [-0.2, -0.15) is 0 Å². The van der Waals surface area contributed by atoms with Gasteiger partial charge in [-0.3, -0.25) is 0 Å². The molecule has 4 heteroatoms. The largest absolute Gasteiger partial charge is 0.456 e. The molecule has 0 aromatic carbocycles. The molecule has 0 spiro atoms. The van der Waals surface area contributed by atoms with Gasteiger partial charge in [0.15, 0.2) is 16.6 Å². The fraction of sp³-hybridized carbons (Fsp3) is 0.833. The number of rotatable bonds is 8. The fourth-order valence-electron chi connectivity index (χ4n) is 1.73. The predicted molar refractivity (Wildman–Crippen MR) is 77.0 cm³/mol. The van der Waals surface area contributed by atoms with Gasteiger partial charge in [-0.05, 0) is 52.1 Å². The standard InChI is InChI=1S/C12H28O2Si2/c1-12(2)11-13-9-8-10-16(6,7)14-15(3,4)5/h1,8-11H2,2-7H3.